The molecule has 0 fully saturated rings. The number of carbonyl (C=O) groups excluding carboxylic acids is 1. The zero-order chi connectivity index (χ0) is 11.5. The van der Waals surface area contributed by atoms with Crippen LogP contribution in [0.4, 0.5) is 0 Å². The quantitative estimate of drug-likeness (QED) is 0.843. The number of hydrogen-bond donors (Lipinski definition) is 1. The molecule has 0 atom stereocenters. The Morgan fingerprint density at radius 1 is 1.38 bits per heavy atom. The van der Waals surface area contributed by atoms with Crippen molar-refractivity contribution in [3.63, 3.8) is 0 Å². The standard InChI is InChI=1S/C13H12O3/c14-12-7-5-10-8-9(4-6-11(10)12)2-1-3-13(15)16/h1-2,4,6,8H,3,5,7H2,(H,15,16). The number of aliphatic carboxylic acids is 1. The molecule has 0 radical (unpaired) electrons. The molecular weight excluding hydrogens is 204 g/mol. The molecule has 0 aliphatic heterocycles. The Bertz CT molecular complexity index is 472. The van der Waals surface area contributed by atoms with Gasteiger partial charge in [0.15, 0.2) is 5.78 Å². The number of rotatable bonds is 3. The molecule has 0 spiro atoms. The number of Topliss-reactive ketones (excluding diaryl/α,β-unsaturated/α-hetero) is 1. The van der Waals surface area contributed by atoms with Gasteiger partial charge in [0.1, 0.15) is 0 Å². The van der Waals surface area contributed by atoms with E-state index in [0.717, 1.165) is 23.1 Å². The molecule has 3 nitrogen and oxygen atoms in total. The summed E-state index contributed by atoms with van der Waals surface area (Å²) in [6.07, 6.45) is 4.81. The fourth-order valence-corrected chi connectivity index (χ4v) is 1.87. The average molecular weight is 216 g/mol. The second-order valence-corrected chi connectivity index (χ2v) is 3.84. The monoisotopic (exact) mass is 216 g/mol. The zero-order valence-electron chi connectivity index (χ0n) is 8.77. The summed E-state index contributed by atoms with van der Waals surface area (Å²) in [5, 5.41) is 8.49. The molecule has 1 aliphatic rings. The Hall–Kier alpha value is -1.90. The smallest absolute Gasteiger partial charge is 0.307 e. The van der Waals surface area contributed by atoms with Crippen molar-refractivity contribution >= 4 is 17.8 Å². The maximum absolute atomic E-state index is 11.4. The molecule has 2 rings (SSSR count). The van der Waals surface area contributed by atoms with Crippen LogP contribution < -0.4 is 0 Å². The lowest BCUT2D eigenvalue weighted by atomic mass is 10.1. The summed E-state index contributed by atoms with van der Waals surface area (Å²) in [5.41, 5.74) is 2.84. The minimum atomic E-state index is -0.840. The molecule has 1 aromatic rings. The molecule has 0 aromatic heterocycles. The summed E-state index contributed by atoms with van der Waals surface area (Å²) in [7, 11) is 0. The molecular formula is C13H12O3. The van der Waals surface area contributed by atoms with Crippen LogP contribution in [0.5, 0.6) is 0 Å². The average Bonchev–Trinajstić information content (AvgIpc) is 2.60. The molecule has 16 heavy (non-hydrogen) atoms. The topological polar surface area (TPSA) is 54.4 Å². The Morgan fingerprint density at radius 2 is 2.19 bits per heavy atom. The van der Waals surface area contributed by atoms with Crippen LogP contribution >= 0.6 is 0 Å². The van der Waals surface area contributed by atoms with Gasteiger partial charge < -0.3 is 5.11 Å². The van der Waals surface area contributed by atoms with Gasteiger partial charge in [-0.1, -0.05) is 30.4 Å². The van der Waals surface area contributed by atoms with Crippen LogP contribution in [-0.2, 0) is 11.2 Å². The molecule has 0 amide bonds. The van der Waals surface area contributed by atoms with E-state index in [2.05, 4.69) is 0 Å². The van der Waals surface area contributed by atoms with E-state index < -0.39 is 5.97 Å². The van der Waals surface area contributed by atoms with E-state index in [1.807, 2.05) is 18.2 Å². The summed E-state index contributed by atoms with van der Waals surface area (Å²) in [6, 6.07) is 5.63. The Labute approximate surface area is 93.4 Å². The summed E-state index contributed by atoms with van der Waals surface area (Å²) in [4.78, 5) is 21.7. The van der Waals surface area contributed by atoms with E-state index in [0.29, 0.717) is 6.42 Å². The number of ketones is 1. The van der Waals surface area contributed by atoms with Crippen molar-refractivity contribution < 1.29 is 14.7 Å². The molecule has 3 heteroatoms. The largest absolute Gasteiger partial charge is 0.481 e. The van der Waals surface area contributed by atoms with Crippen LogP contribution in [0.15, 0.2) is 24.3 Å². The fraction of sp³-hybridized carbons (Fsp3) is 0.231. The summed E-state index contributed by atoms with van der Waals surface area (Å²) < 4.78 is 0. The van der Waals surface area contributed by atoms with Crippen LogP contribution in [0.3, 0.4) is 0 Å². The van der Waals surface area contributed by atoms with Crippen LogP contribution in [0.25, 0.3) is 6.08 Å². The van der Waals surface area contributed by atoms with Gasteiger partial charge >= 0.3 is 5.97 Å². The molecule has 0 bridgehead atoms. The van der Waals surface area contributed by atoms with Crippen molar-refractivity contribution in [3.8, 4) is 0 Å². The molecule has 1 aromatic carbocycles. The number of fused-ring (bicyclic) bond motifs is 1. The van der Waals surface area contributed by atoms with E-state index in [-0.39, 0.29) is 12.2 Å². The lowest BCUT2D eigenvalue weighted by molar-refractivity contribution is -0.135. The lowest BCUT2D eigenvalue weighted by Gasteiger charge is -1.99. The van der Waals surface area contributed by atoms with Crippen molar-refractivity contribution in [2.75, 3.05) is 0 Å². The van der Waals surface area contributed by atoms with Crippen molar-refractivity contribution in [1.82, 2.24) is 0 Å². The van der Waals surface area contributed by atoms with E-state index in [1.54, 1.807) is 12.2 Å². The van der Waals surface area contributed by atoms with Gasteiger partial charge in [-0.25, -0.2) is 0 Å². The van der Waals surface area contributed by atoms with Crippen LogP contribution in [0.2, 0.25) is 0 Å². The number of hydrogen-bond acceptors (Lipinski definition) is 2. The molecule has 0 saturated heterocycles. The number of aryl methyl sites for hydroxylation is 1. The SMILES string of the molecule is O=C(O)CC=Cc1ccc2c(c1)CCC2=O. The van der Waals surface area contributed by atoms with Gasteiger partial charge in [-0.05, 0) is 17.5 Å². The first kappa shape index (κ1) is 10.6. The summed E-state index contributed by atoms with van der Waals surface area (Å²) in [6.45, 7) is 0. The predicted octanol–water partition coefficient (Wildman–Crippen LogP) is 2.30. The highest BCUT2D eigenvalue weighted by atomic mass is 16.4. The molecule has 1 N–H and O–H groups in total. The highest BCUT2D eigenvalue weighted by Crippen LogP contribution is 2.23. The lowest BCUT2D eigenvalue weighted by Crippen LogP contribution is -1.91. The molecule has 0 unspecified atom stereocenters. The van der Waals surface area contributed by atoms with E-state index >= 15 is 0 Å². The minimum absolute atomic E-state index is 0.0238. The van der Waals surface area contributed by atoms with Gasteiger partial charge in [0, 0.05) is 12.0 Å². The van der Waals surface area contributed by atoms with Crippen molar-refractivity contribution in [3.05, 3.63) is 41.0 Å². The number of benzene rings is 1. The third kappa shape index (κ3) is 2.19. The highest BCUT2D eigenvalue weighted by molar-refractivity contribution is 6.00. The van der Waals surface area contributed by atoms with Crippen molar-refractivity contribution in [2.24, 2.45) is 0 Å². The Morgan fingerprint density at radius 3 is 2.94 bits per heavy atom. The highest BCUT2D eigenvalue weighted by Gasteiger charge is 2.18. The molecule has 1 aliphatic carbocycles. The van der Waals surface area contributed by atoms with E-state index in [9.17, 15) is 9.59 Å². The first-order valence-corrected chi connectivity index (χ1v) is 5.21. The van der Waals surface area contributed by atoms with Crippen LogP contribution in [0.1, 0.15) is 34.3 Å². The van der Waals surface area contributed by atoms with Crippen LogP contribution in [0, 0.1) is 0 Å². The normalized spacial score (nSPS) is 14.4. The van der Waals surface area contributed by atoms with Crippen LogP contribution in [-0.4, -0.2) is 16.9 Å². The Kier molecular flexibility index (Phi) is 2.86. The molecule has 0 heterocycles. The number of carboxylic acid groups (broad SMARTS) is 1. The van der Waals surface area contributed by atoms with Crippen molar-refractivity contribution in [1.29, 1.82) is 0 Å². The van der Waals surface area contributed by atoms with Gasteiger partial charge in [0.2, 0.25) is 0 Å². The second kappa shape index (κ2) is 4.31. The van der Waals surface area contributed by atoms with Gasteiger partial charge in [-0.3, -0.25) is 9.59 Å². The van der Waals surface area contributed by atoms with Gasteiger partial charge in [-0.15, -0.1) is 0 Å². The maximum Gasteiger partial charge on any atom is 0.307 e. The minimum Gasteiger partial charge on any atom is -0.481 e. The first-order valence-electron chi connectivity index (χ1n) is 5.21. The van der Waals surface area contributed by atoms with Gasteiger partial charge in [-0.2, -0.15) is 0 Å². The predicted molar refractivity (Wildman–Crippen MR) is 60.4 cm³/mol. The molecule has 0 saturated carbocycles. The first-order chi connectivity index (χ1) is 7.66. The third-order valence-electron chi connectivity index (χ3n) is 2.65. The fourth-order valence-electron chi connectivity index (χ4n) is 1.87. The van der Waals surface area contributed by atoms with Crippen molar-refractivity contribution in [2.45, 2.75) is 19.3 Å². The molecule has 82 valence electrons. The van der Waals surface area contributed by atoms with E-state index in [4.69, 9.17) is 5.11 Å². The summed E-state index contributed by atoms with van der Waals surface area (Å²) in [5.74, 6) is -0.636. The maximum atomic E-state index is 11.4. The zero-order valence-corrected chi connectivity index (χ0v) is 8.77. The van der Waals surface area contributed by atoms with Gasteiger partial charge in [0.25, 0.3) is 0 Å². The number of carboxylic acids is 1. The second-order valence-electron chi connectivity index (χ2n) is 3.84. The Balaban J connectivity index is 2.16. The van der Waals surface area contributed by atoms with E-state index in [1.165, 1.54) is 0 Å². The third-order valence-corrected chi connectivity index (χ3v) is 2.65. The number of carbonyl (C=O) groups is 2. The summed E-state index contributed by atoms with van der Waals surface area (Å²) >= 11 is 0. The van der Waals surface area contributed by atoms with Gasteiger partial charge in [0.05, 0.1) is 6.42 Å².